The summed E-state index contributed by atoms with van der Waals surface area (Å²) in [5.74, 6) is 1.17. The van der Waals surface area contributed by atoms with Gasteiger partial charge in [-0.2, -0.15) is 4.90 Å². The molecule has 1 aliphatic heterocycles. The Morgan fingerprint density at radius 3 is 2.10 bits per heavy atom. The van der Waals surface area contributed by atoms with Gasteiger partial charge in [-0.15, -0.1) is 0 Å². The monoisotopic (exact) mass is 410 g/mol. The van der Waals surface area contributed by atoms with Crippen LogP contribution >= 0.6 is 11.8 Å². The Balaban J connectivity index is 0.00000161. The number of quaternary nitrogens is 1. The smallest absolute Gasteiger partial charge is 0.382 e. The molecule has 0 fully saturated rings. The highest BCUT2D eigenvalue weighted by Gasteiger charge is 2.39. The number of rotatable bonds is 2. The SMILES string of the molecule is CSC1=N[N+](c2ccccc2)=C(C)[NH+]1c1ccccc1.[I-]. The Hall–Kier alpha value is -1.18. The summed E-state index contributed by atoms with van der Waals surface area (Å²) in [6, 6.07) is 20.7. The maximum absolute atomic E-state index is 4.75. The highest BCUT2D eigenvalue weighted by Crippen LogP contribution is 2.15. The summed E-state index contributed by atoms with van der Waals surface area (Å²) in [6.45, 7) is 2.13. The predicted octanol–water partition coefficient (Wildman–Crippen LogP) is -0.383. The van der Waals surface area contributed by atoms with Crippen molar-refractivity contribution in [2.45, 2.75) is 6.92 Å². The van der Waals surface area contributed by atoms with Crippen LogP contribution in [0, 0.1) is 0 Å². The van der Waals surface area contributed by atoms with E-state index in [9.17, 15) is 0 Å². The van der Waals surface area contributed by atoms with E-state index in [0.717, 1.165) is 10.9 Å². The third kappa shape index (κ3) is 3.20. The van der Waals surface area contributed by atoms with E-state index in [4.69, 9.17) is 5.10 Å². The summed E-state index contributed by atoms with van der Waals surface area (Å²) in [5.41, 5.74) is 2.32. The van der Waals surface area contributed by atoms with Crippen LogP contribution in [-0.4, -0.2) is 21.9 Å². The summed E-state index contributed by atoms with van der Waals surface area (Å²) in [6.07, 6.45) is 2.07. The van der Waals surface area contributed by atoms with Gasteiger partial charge in [0.1, 0.15) is 5.69 Å². The second-order valence-electron chi connectivity index (χ2n) is 4.58. The molecule has 0 saturated carbocycles. The zero-order valence-electron chi connectivity index (χ0n) is 12.0. The van der Waals surface area contributed by atoms with Crippen LogP contribution in [0.4, 0.5) is 11.4 Å². The van der Waals surface area contributed by atoms with Crippen LogP contribution in [-0.2, 0) is 0 Å². The number of hydrazone groups is 1. The number of nitrogens with zero attached hydrogens (tertiary/aromatic N) is 2. The number of amidine groups is 2. The minimum atomic E-state index is 0. The molecule has 1 heterocycles. The summed E-state index contributed by atoms with van der Waals surface area (Å²) < 4.78 is 2.02. The van der Waals surface area contributed by atoms with Crippen LogP contribution in [0.2, 0.25) is 0 Å². The minimum absolute atomic E-state index is 0. The van der Waals surface area contributed by atoms with Gasteiger partial charge in [-0.25, -0.2) is 0 Å². The number of benzene rings is 2. The van der Waals surface area contributed by atoms with E-state index in [2.05, 4.69) is 49.6 Å². The normalized spacial score (nSPS) is 17.4. The van der Waals surface area contributed by atoms with E-state index < -0.39 is 0 Å². The van der Waals surface area contributed by atoms with Gasteiger partial charge in [0.25, 0.3) is 0 Å². The molecular formula is C16H17IN3S+. The standard InChI is InChI=1S/C16H16N3S.HI/c1-13-18(14-9-5-3-6-10-14)16(20-2)17-19(13)15-11-7-4-8-12-15;/h3-12H,1-2H3;1H/q+1;. The van der Waals surface area contributed by atoms with E-state index in [1.807, 2.05) is 28.9 Å². The Morgan fingerprint density at radius 2 is 1.52 bits per heavy atom. The van der Waals surface area contributed by atoms with Gasteiger partial charge in [-0.05, 0) is 18.0 Å². The lowest BCUT2D eigenvalue weighted by atomic mass is 10.3. The lowest BCUT2D eigenvalue weighted by Crippen LogP contribution is -3.10. The molecule has 1 aliphatic rings. The Bertz CT molecular complexity index is 668. The van der Waals surface area contributed by atoms with Crippen molar-refractivity contribution >= 4 is 34.1 Å². The fraction of sp³-hybridized carbons (Fsp3) is 0.125. The Kier molecular flexibility index (Phi) is 5.55. The first kappa shape index (κ1) is 16.2. The second kappa shape index (κ2) is 7.20. The molecule has 0 aromatic heterocycles. The third-order valence-electron chi connectivity index (χ3n) is 3.34. The first-order valence-corrected chi connectivity index (χ1v) is 7.78. The second-order valence-corrected chi connectivity index (χ2v) is 5.38. The van der Waals surface area contributed by atoms with Crippen LogP contribution < -0.4 is 28.9 Å². The summed E-state index contributed by atoms with van der Waals surface area (Å²) in [5, 5.41) is 5.82. The Labute approximate surface area is 146 Å². The van der Waals surface area contributed by atoms with Gasteiger partial charge < -0.3 is 24.0 Å². The van der Waals surface area contributed by atoms with Gasteiger partial charge in [-0.1, -0.05) is 36.4 Å². The zero-order valence-corrected chi connectivity index (χ0v) is 14.9. The number of para-hydroxylation sites is 2. The lowest BCUT2D eigenvalue weighted by molar-refractivity contribution is -0.637. The quantitative estimate of drug-likeness (QED) is 0.529. The molecule has 0 amide bonds. The summed E-state index contributed by atoms with van der Waals surface area (Å²) in [4.78, 5) is 1.22. The van der Waals surface area contributed by atoms with Gasteiger partial charge >= 0.3 is 11.0 Å². The highest BCUT2D eigenvalue weighted by atomic mass is 127. The molecule has 1 unspecified atom stereocenters. The van der Waals surface area contributed by atoms with E-state index in [1.54, 1.807) is 11.8 Å². The van der Waals surface area contributed by atoms with Crippen LogP contribution in [0.25, 0.3) is 0 Å². The summed E-state index contributed by atoms with van der Waals surface area (Å²) in [7, 11) is 0. The van der Waals surface area contributed by atoms with Gasteiger partial charge in [0.05, 0.1) is 12.0 Å². The highest BCUT2D eigenvalue weighted by molar-refractivity contribution is 8.12. The number of thioether (sulfide) groups is 1. The van der Waals surface area contributed by atoms with Crippen LogP contribution in [0.1, 0.15) is 6.92 Å². The number of hydrogen-bond donors (Lipinski definition) is 1. The third-order valence-corrected chi connectivity index (χ3v) is 4.01. The first-order chi connectivity index (χ1) is 9.81. The van der Waals surface area contributed by atoms with Crippen LogP contribution in [0.5, 0.6) is 0 Å². The predicted molar refractivity (Wildman–Crippen MR) is 85.1 cm³/mol. The maximum atomic E-state index is 4.75. The van der Waals surface area contributed by atoms with Gasteiger partial charge in [0, 0.05) is 28.9 Å². The van der Waals surface area contributed by atoms with Crippen molar-refractivity contribution in [1.29, 1.82) is 0 Å². The molecule has 0 radical (unpaired) electrons. The van der Waals surface area contributed by atoms with Crippen molar-refractivity contribution < 1.29 is 33.6 Å². The van der Waals surface area contributed by atoms with E-state index in [1.165, 1.54) is 16.4 Å². The molecule has 108 valence electrons. The Morgan fingerprint density at radius 1 is 0.952 bits per heavy atom. The molecule has 0 spiro atoms. The molecule has 1 atom stereocenters. The number of halogens is 1. The van der Waals surface area contributed by atoms with Crippen molar-refractivity contribution in [2.75, 3.05) is 6.26 Å². The molecule has 3 nitrogen and oxygen atoms in total. The van der Waals surface area contributed by atoms with Crippen LogP contribution in [0.3, 0.4) is 0 Å². The van der Waals surface area contributed by atoms with Crippen LogP contribution in [0.15, 0.2) is 65.8 Å². The molecule has 0 aliphatic carbocycles. The average molecular weight is 410 g/mol. The lowest BCUT2D eigenvalue weighted by Gasteiger charge is -2.07. The molecule has 0 saturated heterocycles. The molecule has 5 heteroatoms. The van der Waals surface area contributed by atoms with Crippen molar-refractivity contribution in [2.24, 2.45) is 5.10 Å². The van der Waals surface area contributed by atoms with E-state index in [-0.39, 0.29) is 24.0 Å². The van der Waals surface area contributed by atoms with Gasteiger partial charge in [0.2, 0.25) is 5.69 Å². The molecule has 1 N–H and O–H groups in total. The molecule has 2 aromatic carbocycles. The van der Waals surface area contributed by atoms with E-state index >= 15 is 0 Å². The van der Waals surface area contributed by atoms with Crippen molar-refractivity contribution in [3.8, 4) is 0 Å². The van der Waals surface area contributed by atoms with Gasteiger partial charge in [0.15, 0.2) is 0 Å². The largest absolute Gasteiger partial charge is 1.00 e. The van der Waals surface area contributed by atoms with Crippen molar-refractivity contribution in [1.82, 2.24) is 0 Å². The first-order valence-electron chi connectivity index (χ1n) is 6.55. The van der Waals surface area contributed by atoms with Crippen molar-refractivity contribution in [3.63, 3.8) is 0 Å². The molecule has 21 heavy (non-hydrogen) atoms. The van der Waals surface area contributed by atoms with Crippen molar-refractivity contribution in [3.05, 3.63) is 60.7 Å². The average Bonchev–Trinajstić information content (AvgIpc) is 2.86. The molecule has 0 bridgehead atoms. The van der Waals surface area contributed by atoms with E-state index in [0.29, 0.717) is 0 Å². The topological polar surface area (TPSA) is 19.8 Å². The fourth-order valence-corrected chi connectivity index (χ4v) is 3.01. The summed E-state index contributed by atoms with van der Waals surface area (Å²) >= 11 is 1.69. The number of nitrogens with one attached hydrogen (secondary N) is 1. The van der Waals surface area contributed by atoms with Gasteiger partial charge in [-0.3, -0.25) is 0 Å². The maximum Gasteiger partial charge on any atom is 0.382 e. The minimum Gasteiger partial charge on any atom is -1.00 e. The fourth-order valence-electron chi connectivity index (χ4n) is 2.38. The molecule has 3 rings (SSSR count). The number of hydrogen-bond acceptors (Lipinski definition) is 2. The zero-order chi connectivity index (χ0) is 13.9. The molecule has 2 aromatic rings. The molecular weight excluding hydrogens is 393 g/mol.